The Kier molecular flexibility index (Phi) is 5.41. The molecule has 2 aromatic carbocycles. The highest BCUT2D eigenvalue weighted by Gasteiger charge is 2.40. The lowest BCUT2D eigenvalue weighted by Crippen LogP contribution is -2.32. The smallest absolute Gasteiger partial charge is 0.305 e. The molecule has 1 saturated heterocycles. The minimum absolute atomic E-state index is 0.0377. The van der Waals surface area contributed by atoms with Gasteiger partial charge < -0.3 is 15.3 Å². The Morgan fingerprint density at radius 1 is 1.15 bits per heavy atom. The summed E-state index contributed by atoms with van der Waals surface area (Å²) >= 11 is 1.00. The number of benzene rings is 2. The van der Waals surface area contributed by atoms with Crippen molar-refractivity contribution in [2.45, 2.75) is 11.7 Å². The minimum Gasteiger partial charge on any atom is -0.508 e. The number of rotatable bonds is 5. The van der Waals surface area contributed by atoms with Gasteiger partial charge in [0.2, 0.25) is 5.91 Å². The molecular weight excluding hydrogens is 370 g/mol. The van der Waals surface area contributed by atoms with Crippen molar-refractivity contribution in [3.05, 3.63) is 54.1 Å². The minimum atomic E-state index is -1.09. The number of phenolic OH excluding ortho intramolecular Hbond substituents is 2. The molecule has 0 aromatic heterocycles. The van der Waals surface area contributed by atoms with E-state index < -0.39 is 17.1 Å². The van der Waals surface area contributed by atoms with Crippen LogP contribution in [0.3, 0.4) is 0 Å². The Hall–Kier alpha value is -3.33. The molecule has 8 nitrogen and oxygen atoms in total. The summed E-state index contributed by atoms with van der Waals surface area (Å²) in [5, 5.41) is 35.5. The second-order valence-electron chi connectivity index (χ2n) is 5.58. The van der Waals surface area contributed by atoms with E-state index in [2.05, 4.69) is 10.2 Å². The van der Waals surface area contributed by atoms with Gasteiger partial charge in [-0.2, -0.15) is 5.10 Å². The van der Waals surface area contributed by atoms with Crippen molar-refractivity contribution >= 4 is 40.7 Å². The number of carbonyl (C=O) groups excluding carboxylic acids is 1. The monoisotopic (exact) mass is 385 g/mol. The topological polar surface area (TPSA) is 123 Å². The van der Waals surface area contributed by atoms with Crippen LogP contribution in [0.1, 0.15) is 12.0 Å². The number of hydrogen-bond acceptors (Lipinski definition) is 7. The number of carbonyl (C=O) groups is 2. The number of carboxylic acids is 1. The van der Waals surface area contributed by atoms with Crippen molar-refractivity contribution in [1.29, 1.82) is 0 Å². The molecule has 3 rings (SSSR count). The average Bonchev–Trinajstić information content (AvgIpc) is 2.92. The van der Waals surface area contributed by atoms with Crippen molar-refractivity contribution in [2.75, 3.05) is 4.90 Å². The molecule has 0 spiro atoms. The van der Waals surface area contributed by atoms with Crippen LogP contribution < -0.4 is 4.90 Å². The van der Waals surface area contributed by atoms with Crippen molar-refractivity contribution in [2.24, 2.45) is 10.2 Å². The Bertz CT molecular complexity index is 927. The predicted octanol–water partition coefficient (Wildman–Crippen LogP) is 2.41. The van der Waals surface area contributed by atoms with Gasteiger partial charge in [0.25, 0.3) is 0 Å². The molecule has 0 bridgehead atoms. The molecule has 0 aliphatic carbocycles. The first-order chi connectivity index (χ1) is 13.0. The molecule has 0 saturated carbocycles. The zero-order valence-corrected chi connectivity index (χ0v) is 14.7. The number of thioether (sulfide) groups is 1. The first-order valence-corrected chi connectivity index (χ1v) is 8.74. The van der Waals surface area contributed by atoms with Gasteiger partial charge in [0, 0.05) is 5.56 Å². The molecular formula is C18H15N3O5S. The molecule has 0 radical (unpaired) electrons. The molecule has 3 N–H and O–H groups in total. The van der Waals surface area contributed by atoms with E-state index in [0.717, 1.165) is 11.8 Å². The summed E-state index contributed by atoms with van der Waals surface area (Å²) in [5.41, 5.74) is 0.893. The van der Waals surface area contributed by atoms with Crippen LogP contribution in [-0.2, 0) is 9.59 Å². The molecule has 1 atom stereocenters. The zero-order chi connectivity index (χ0) is 19.4. The molecule has 2 aromatic rings. The number of nitrogens with zero attached hydrogens (tertiary/aromatic N) is 3. The fourth-order valence-electron chi connectivity index (χ4n) is 2.40. The van der Waals surface area contributed by atoms with Gasteiger partial charge in [0.15, 0.2) is 5.17 Å². The lowest BCUT2D eigenvalue weighted by molar-refractivity contribution is -0.138. The predicted molar refractivity (Wildman–Crippen MR) is 102 cm³/mol. The van der Waals surface area contributed by atoms with Gasteiger partial charge in [0.1, 0.15) is 16.7 Å². The van der Waals surface area contributed by atoms with Gasteiger partial charge in [-0.15, -0.1) is 5.10 Å². The van der Waals surface area contributed by atoms with E-state index in [0.29, 0.717) is 11.3 Å². The summed E-state index contributed by atoms with van der Waals surface area (Å²) in [5.74, 6) is -1.44. The van der Waals surface area contributed by atoms with Crippen molar-refractivity contribution < 1.29 is 24.9 Å². The van der Waals surface area contributed by atoms with Crippen LogP contribution in [0.15, 0.2) is 58.7 Å². The van der Waals surface area contributed by atoms with Gasteiger partial charge in [0.05, 0.1) is 18.3 Å². The highest BCUT2D eigenvalue weighted by Crippen LogP contribution is 2.34. The maximum atomic E-state index is 12.6. The van der Waals surface area contributed by atoms with E-state index in [4.69, 9.17) is 5.11 Å². The number of para-hydroxylation sites is 1. The van der Waals surface area contributed by atoms with Gasteiger partial charge in [-0.3, -0.25) is 14.5 Å². The first-order valence-electron chi connectivity index (χ1n) is 7.86. The second-order valence-corrected chi connectivity index (χ2v) is 6.75. The summed E-state index contributed by atoms with van der Waals surface area (Å²) in [6.07, 6.45) is 0.993. The summed E-state index contributed by atoms with van der Waals surface area (Å²) in [6.45, 7) is 0. The molecule has 1 fully saturated rings. The summed E-state index contributed by atoms with van der Waals surface area (Å²) in [7, 11) is 0. The molecule has 138 valence electrons. The zero-order valence-electron chi connectivity index (χ0n) is 13.9. The summed E-state index contributed by atoms with van der Waals surface area (Å²) in [4.78, 5) is 24.9. The van der Waals surface area contributed by atoms with E-state index in [-0.39, 0.29) is 23.1 Å². The number of hydrogen-bond donors (Lipinski definition) is 3. The number of carboxylic acid groups (broad SMARTS) is 1. The van der Waals surface area contributed by atoms with E-state index in [1.807, 2.05) is 0 Å². The quantitative estimate of drug-likeness (QED) is 0.536. The van der Waals surface area contributed by atoms with Crippen LogP contribution in [0.4, 0.5) is 5.69 Å². The van der Waals surface area contributed by atoms with Crippen LogP contribution in [0.5, 0.6) is 11.5 Å². The number of amides is 1. The lowest BCUT2D eigenvalue weighted by atomic mass is 10.2. The van der Waals surface area contributed by atoms with Crippen molar-refractivity contribution in [3.8, 4) is 11.5 Å². The first kappa shape index (κ1) is 18.5. The van der Waals surface area contributed by atoms with E-state index in [1.165, 1.54) is 41.4 Å². The lowest BCUT2D eigenvalue weighted by Gasteiger charge is -2.15. The highest BCUT2D eigenvalue weighted by atomic mass is 32.2. The largest absolute Gasteiger partial charge is 0.508 e. The Balaban J connectivity index is 1.91. The Labute approximate surface area is 158 Å². The molecule has 1 aliphatic rings. The number of amidine groups is 1. The van der Waals surface area contributed by atoms with Gasteiger partial charge in [-0.05, 0) is 36.4 Å². The number of aliphatic carboxylic acids is 1. The third-order valence-electron chi connectivity index (χ3n) is 3.68. The maximum absolute atomic E-state index is 12.6. The van der Waals surface area contributed by atoms with Gasteiger partial charge >= 0.3 is 5.97 Å². The number of anilines is 1. The SMILES string of the molecule is O=C(O)C[C@H]1S/C(=N\N=C\c2ccccc2O)N(c2ccc(O)cc2)C1=O. The van der Waals surface area contributed by atoms with Crippen LogP contribution >= 0.6 is 11.8 Å². The van der Waals surface area contributed by atoms with Crippen molar-refractivity contribution in [1.82, 2.24) is 0 Å². The fraction of sp³-hybridized carbons (Fsp3) is 0.111. The highest BCUT2D eigenvalue weighted by molar-refractivity contribution is 8.16. The van der Waals surface area contributed by atoms with Gasteiger partial charge in [-0.1, -0.05) is 23.9 Å². The van der Waals surface area contributed by atoms with E-state index in [9.17, 15) is 19.8 Å². The summed E-state index contributed by atoms with van der Waals surface area (Å²) < 4.78 is 0. The maximum Gasteiger partial charge on any atom is 0.305 e. The Morgan fingerprint density at radius 3 is 2.52 bits per heavy atom. The van der Waals surface area contributed by atoms with Crippen molar-refractivity contribution in [3.63, 3.8) is 0 Å². The third kappa shape index (κ3) is 4.26. The molecule has 1 amide bonds. The van der Waals surface area contributed by atoms with Crippen LogP contribution in [0.25, 0.3) is 0 Å². The number of phenols is 2. The van der Waals surface area contributed by atoms with Crippen LogP contribution in [-0.4, -0.2) is 43.8 Å². The van der Waals surface area contributed by atoms with Crippen LogP contribution in [0, 0.1) is 0 Å². The van der Waals surface area contributed by atoms with Gasteiger partial charge in [-0.25, -0.2) is 0 Å². The van der Waals surface area contributed by atoms with E-state index in [1.54, 1.807) is 18.2 Å². The third-order valence-corrected chi connectivity index (χ3v) is 4.81. The molecule has 27 heavy (non-hydrogen) atoms. The number of aromatic hydroxyl groups is 2. The second kappa shape index (κ2) is 7.92. The fourth-order valence-corrected chi connectivity index (χ4v) is 3.48. The average molecular weight is 385 g/mol. The molecule has 1 heterocycles. The standard InChI is InChI=1S/C18H15N3O5S/c22-13-7-5-12(6-8-13)21-17(26)15(9-16(24)25)27-18(21)20-19-10-11-3-1-2-4-14(11)23/h1-8,10,15,22-23H,9H2,(H,24,25)/b19-10+,20-18-/t15-/m1/s1. The van der Waals surface area contributed by atoms with Crippen LogP contribution in [0.2, 0.25) is 0 Å². The summed E-state index contributed by atoms with van der Waals surface area (Å²) in [6, 6.07) is 12.4. The van der Waals surface area contributed by atoms with E-state index >= 15 is 0 Å². The molecule has 1 aliphatic heterocycles. The molecule has 9 heteroatoms. The normalized spacial score (nSPS) is 18.5. The molecule has 0 unspecified atom stereocenters. The Morgan fingerprint density at radius 2 is 1.85 bits per heavy atom.